The Bertz CT molecular complexity index is 5420. The number of halogens is 3. The second kappa shape index (κ2) is 41.7. The molecule has 2 aromatic carbocycles. The van der Waals surface area contributed by atoms with Gasteiger partial charge in [0, 0.05) is 134 Å². The number of nitrogens with zero attached hydrogens (tertiary/aromatic N) is 14. The maximum Gasteiger partial charge on any atom is 0.411 e. The molecular formula is C81H96Br3N17O13S6. The Labute approximate surface area is 750 Å². The predicted octanol–water partition coefficient (Wildman–Crippen LogP) is 13.8. The van der Waals surface area contributed by atoms with Crippen molar-refractivity contribution in [3.63, 3.8) is 0 Å². The average molecular weight is 1950 g/mol. The number of amides is 5. The minimum atomic E-state index is -1.01. The summed E-state index contributed by atoms with van der Waals surface area (Å²) < 4.78 is 15.7. The first-order valence-electron chi connectivity index (χ1n) is 37.2. The number of nitrogens with two attached hydrogens (primary N) is 1. The number of anilines is 3. The molecule has 3 saturated carbocycles. The third-order valence-corrected chi connectivity index (χ3v) is 21.4. The van der Waals surface area contributed by atoms with E-state index in [1.165, 1.54) is 23.4 Å². The fraction of sp³-hybridized carbons (Fsp3) is 0.432. The molecular weight excluding hydrogens is 1850 g/mol. The normalized spacial score (nSPS) is 18.9. The molecule has 10 heterocycles. The summed E-state index contributed by atoms with van der Waals surface area (Å²) in [6, 6.07) is 17.1. The zero-order chi connectivity index (χ0) is 87.0. The number of piperidine rings is 3. The number of aliphatic carboxylic acids is 2. The van der Waals surface area contributed by atoms with Crippen molar-refractivity contribution in [1.29, 1.82) is 0 Å². The van der Waals surface area contributed by atoms with Gasteiger partial charge in [-0.25, -0.2) is 49.3 Å². The first-order valence-corrected chi connectivity index (χ1v) is 43.6. The van der Waals surface area contributed by atoms with Gasteiger partial charge in [0.05, 0.1) is 11.0 Å². The van der Waals surface area contributed by atoms with Gasteiger partial charge in [-0.2, -0.15) is 23.7 Å². The van der Waals surface area contributed by atoms with Gasteiger partial charge in [0.2, 0.25) is 17.7 Å². The molecule has 30 nitrogen and oxygen atoms in total. The largest absolute Gasteiger partial charge is 0.480 e. The SMILES string of the molecule is C.CC(=O)c1nn(CC(=O)N2C[C@H]3C[C@H]3[C@H]2C(=O)Nc2nc(Br)ccc2C)c2c(C)cc(-c3cnc(C)nc3)cc12.CC(=O)c1nn(CC(=O)O)c2c(C)cc(-c3cnc(C)nc3)cc12.CC(C)(C)OC(=O)N1C[C@H]2C[C@H]2[C@H]1C(=O)O.Cc1ccc(Br)nc1N.Cc1ccc(Br)nc1NC(=O)[C@@H]1[C@@H]2C[C@@H]2CN1C(=O)OC(C)(C)C.S.S=S.S=S=S. The van der Waals surface area contributed by atoms with E-state index < -0.39 is 53.5 Å². The van der Waals surface area contributed by atoms with Gasteiger partial charge < -0.3 is 41.0 Å². The molecule has 0 unspecified atom stereocenters. The van der Waals surface area contributed by atoms with E-state index >= 15 is 0 Å². The number of nitrogens with one attached hydrogen (secondary N) is 2. The number of ketones is 2. The van der Waals surface area contributed by atoms with E-state index in [2.05, 4.69) is 148 Å². The van der Waals surface area contributed by atoms with Gasteiger partial charge in [0.25, 0.3) is 0 Å². The number of benzene rings is 2. The standard InChI is InChI=1S/C29H28BrN7O3.C17H22BrN3O3.C17H16N4O3.C11H17NO4.C6H7BrN2.CH4.S3.S2.H2S/c1-14-5-6-23(30)33-28(14)34-29(40)27-21-9-19(21)12-36(27)24(39)13-37-26-15(2)7-18(20-10-31-17(4)32-11-20)8-22(26)25(35-37)16(3)38;1-9-5-6-12(18)19-14(9)20-15(22)13-11-7-10(11)8-21(13)16(23)24-17(2,3)4;1-9-4-12(13-6-18-11(3)19-7-13)5-14-16(10(2)22)20-21(17(9)14)8-15(23)24;1-11(2,3)16-10(15)12-5-6-4-7(6)8(12)9(13)14;1-4-2-3-5(7)9-6(4)8;;1-3-2;1-2;/h5-8,10-11,19,21,27H,9,12-13H2,1-4H3,(H,33,34,40);5-6,10-11,13H,7-8H2,1-4H3,(H,19,20,22);4-7H,8H2,1-3H3,(H,23,24);6-8H,4-5H2,1-3H3,(H,13,14);2-3H,1H3,(H2,8,9);1H4;;;1H2/t19-,21-,27+;10-,11-,13+;;6-,7-,8+;;;;;/m11.1...../s1. The Hall–Kier alpha value is -9.09. The number of hydrogen-bond acceptors (Lipinski definition) is 25. The van der Waals surface area contributed by atoms with Crippen LogP contribution in [0.25, 0.3) is 44.1 Å². The lowest BCUT2D eigenvalue weighted by Crippen LogP contribution is -2.47. The number of hydrogen-bond donors (Lipinski definition) is 5. The Morgan fingerprint density at radius 2 is 0.858 bits per heavy atom. The highest BCUT2D eigenvalue weighted by Gasteiger charge is 2.60. The number of Topliss-reactive ketones (excluding diaryl/α,β-unsaturated/α-hetero) is 2. The quantitative estimate of drug-likeness (QED) is 0.0528. The van der Waals surface area contributed by atoms with Crippen LogP contribution in [-0.2, 0) is 100 Å². The predicted molar refractivity (Wildman–Crippen MR) is 485 cm³/mol. The highest BCUT2D eigenvalue weighted by Crippen LogP contribution is 2.52. The molecule has 7 aromatic heterocycles. The molecule has 0 spiro atoms. The van der Waals surface area contributed by atoms with Crippen LogP contribution in [0.3, 0.4) is 0 Å². The van der Waals surface area contributed by atoms with E-state index in [0.29, 0.717) is 97.7 Å². The van der Waals surface area contributed by atoms with Gasteiger partial charge in [-0.15, -0.1) is 0 Å². The number of carboxylic acid groups (broad SMARTS) is 2. The minimum absolute atomic E-state index is 0. The van der Waals surface area contributed by atoms with Crippen LogP contribution in [0.1, 0.15) is 143 Å². The lowest BCUT2D eigenvalue weighted by atomic mass is 10.0. The zero-order valence-electron chi connectivity index (χ0n) is 67.8. The van der Waals surface area contributed by atoms with E-state index in [1.54, 1.807) is 60.0 Å². The number of carboxylic acids is 2. The Kier molecular flexibility index (Phi) is 34.0. The number of nitrogen functional groups attached to an aromatic ring is 1. The summed E-state index contributed by atoms with van der Waals surface area (Å²) in [5, 5.41) is 34.0. The van der Waals surface area contributed by atoms with E-state index in [1.807, 2.05) is 130 Å². The molecule has 9 aromatic rings. The van der Waals surface area contributed by atoms with Crippen molar-refractivity contribution in [2.24, 2.45) is 35.5 Å². The summed E-state index contributed by atoms with van der Waals surface area (Å²) in [7, 11) is 0.917. The van der Waals surface area contributed by atoms with Crippen LogP contribution < -0.4 is 16.4 Å². The number of pyridine rings is 3. The van der Waals surface area contributed by atoms with Crippen molar-refractivity contribution in [2.45, 2.75) is 173 Å². The molecule has 5 amide bonds. The summed E-state index contributed by atoms with van der Waals surface area (Å²) >= 11 is 25.5. The summed E-state index contributed by atoms with van der Waals surface area (Å²) in [6.07, 6.45) is 8.85. The molecule has 0 radical (unpaired) electrons. The molecule has 6 fully saturated rings. The zero-order valence-corrected chi connectivity index (χ0v) is 77.7. The fourth-order valence-corrected chi connectivity index (χ4v) is 15.3. The summed E-state index contributed by atoms with van der Waals surface area (Å²) in [4.78, 5) is 145. The number of fused-ring (bicyclic) bond motifs is 5. The lowest BCUT2D eigenvalue weighted by Gasteiger charge is -2.29. The van der Waals surface area contributed by atoms with Gasteiger partial charge >= 0.3 is 24.1 Å². The minimum Gasteiger partial charge on any atom is -0.480 e. The second-order valence-electron chi connectivity index (χ2n) is 31.4. The number of aryl methyl sites for hydroxylation is 7. The van der Waals surface area contributed by atoms with Crippen molar-refractivity contribution in [3.8, 4) is 22.3 Å². The van der Waals surface area contributed by atoms with Crippen molar-refractivity contribution in [3.05, 3.63) is 150 Å². The molecule has 9 atom stereocenters. The lowest BCUT2D eigenvalue weighted by molar-refractivity contribution is -0.143. The number of likely N-dealkylation sites (tertiary alicyclic amines) is 3. The number of aromatic nitrogens is 11. The van der Waals surface area contributed by atoms with Gasteiger partial charge in [0.1, 0.15) is 96.7 Å². The Balaban J connectivity index is 0.000000216. The molecule has 6 N–H and O–H groups in total. The number of carbonyl (C=O) groups is 9. The summed E-state index contributed by atoms with van der Waals surface area (Å²) in [6.45, 7) is 28.1. The maximum absolute atomic E-state index is 13.7. The molecule has 6 aliphatic rings. The van der Waals surface area contributed by atoms with Crippen LogP contribution in [0.5, 0.6) is 0 Å². The van der Waals surface area contributed by atoms with Gasteiger partial charge in [-0.3, -0.25) is 47.9 Å². The van der Waals surface area contributed by atoms with Crippen LogP contribution in [0.2, 0.25) is 0 Å². The van der Waals surface area contributed by atoms with Crippen LogP contribution in [-0.4, -0.2) is 182 Å². The number of carbonyl (C=O) groups excluding carboxylic acids is 7. The van der Waals surface area contributed by atoms with Gasteiger partial charge in [-0.1, -0.05) is 25.6 Å². The third-order valence-electron chi connectivity index (χ3n) is 20.1. The van der Waals surface area contributed by atoms with Crippen LogP contribution in [0, 0.1) is 84.0 Å². The number of rotatable bonds is 13. The van der Waals surface area contributed by atoms with E-state index in [4.69, 9.17) is 25.4 Å². The topological polar surface area (TPSA) is 398 Å². The molecule has 120 heavy (non-hydrogen) atoms. The van der Waals surface area contributed by atoms with E-state index in [0.717, 1.165) is 88.3 Å². The molecule has 640 valence electrons. The molecule has 3 aliphatic carbocycles. The van der Waals surface area contributed by atoms with Crippen LogP contribution in [0.4, 0.5) is 27.0 Å². The van der Waals surface area contributed by atoms with Crippen molar-refractivity contribution >= 4 is 208 Å². The summed E-state index contributed by atoms with van der Waals surface area (Å²) in [5.41, 5.74) is 14.1. The first-order chi connectivity index (χ1) is 55.5. The second-order valence-corrected chi connectivity index (χ2v) is 35.6. The Morgan fingerprint density at radius 3 is 1.21 bits per heavy atom. The van der Waals surface area contributed by atoms with E-state index in [-0.39, 0.29) is 86.7 Å². The van der Waals surface area contributed by atoms with Crippen LogP contribution in [0.15, 0.2) is 99.3 Å². The first kappa shape index (κ1) is 98.0. The maximum atomic E-state index is 13.7. The molecule has 15 rings (SSSR count). The number of ether oxygens (including phenoxy) is 2. The molecule has 0 bridgehead atoms. The van der Waals surface area contributed by atoms with Gasteiger partial charge in [0.15, 0.2) is 11.6 Å². The third kappa shape index (κ3) is 24.8. The van der Waals surface area contributed by atoms with Crippen molar-refractivity contribution < 1.29 is 62.8 Å². The van der Waals surface area contributed by atoms with Gasteiger partial charge in [-0.05, 0) is 274 Å². The summed E-state index contributed by atoms with van der Waals surface area (Å²) in [5.74, 6) is 1.57. The molecule has 3 aliphatic heterocycles. The van der Waals surface area contributed by atoms with Crippen molar-refractivity contribution in [2.75, 3.05) is 36.0 Å². The Morgan fingerprint density at radius 1 is 0.517 bits per heavy atom. The fourth-order valence-electron chi connectivity index (χ4n) is 14.4. The average Bonchev–Trinajstić information content (AvgIpc) is 1.60. The van der Waals surface area contributed by atoms with Crippen LogP contribution >= 0.6 is 61.3 Å². The van der Waals surface area contributed by atoms with E-state index in [9.17, 15) is 43.2 Å². The molecule has 3 saturated heterocycles. The highest BCUT2D eigenvalue weighted by molar-refractivity contribution is 9.11. The van der Waals surface area contributed by atoms with Crippen molar-refractivity contribution in [1.82, 2.24) is 69.1 Å². The smallest absolute Gasteiger partial charge is 0.411 e. The molecule has 39 heteroatoms. The monoisotopic (exact) mass is 1940 g/mol. The highest BCUT2D eigenvalue weighted by atomic mass is 79.9.